The van der Waals surface area contributed by atoms with Gasteiger partial charge in [-0.1, -0.05) is 37.6 Å². The number of rotatable bonds is 6. The highest BCUT2D eigenvalue weighted by Gasteiger charge is 2.18. The van der Waals surface area contributed by atoms with E-state index in [0.29, 0.717) is 17.9 Å². The molecular weight excluding hydrogens is 368 g/mol. The van der Waals surface area contributed by atoms with Gasteiger partial charge in [0.2, 0.25) is 0 Å². The predicted molar refractivity (Wildman–Crippen MR) is 107 cm³/mol. The molecule has 1 unspecified atom stereocenters. The number of benzene rings is 1. The highest BCUT2D eigenvalue weighted by molar-refractivity contribution is 6.30. The zero-order chi connectivity index (χ0) is 20.4. The minimum atomic E-state index is -1.82. The van der Waals surface area contributed by atoms with Crippen LogP contribution in [0.5, 0.6) is 0 Å². The third kappa shape index (κ3) is 9.22. The molecule has 1 saturated heterocycles. The first kappa shape index (κ1) is 23.4. The minimum absolute atomic E-state index is 0.612. The number of halogens is 1. The van der Waals surface area contributed by atoms with Gasteiger partial charge in [-0.3, -0.25) is 0 Å². The van der Waals surface area contributed by atoms with Gasteiger partial charge in [0.15, 0.2) is 0 Å². The van der Waals surface area contributed by atoms with Crippen LogP contribution in [0.3, 0.4) is 0 Å². The number of nitrogens with zero attached hydrogens (tertiary/aromatic N) is 1. The van der Waals surface area contributed by atoms with Gasteiger partial charge in [0, 0.05) is 11.1 Å². The second-order valence-electron chi connectivity index (χ2n) is 7.33. The van der Waals surface area contributed by atoms with Crippen LogP contribution >= 0.6 is 11.6 Å². The first-order valence-corrected chi connectivity index (χ1v) is 9.72. The fourth-order valence-electron chi connectivity index (χ4n) is 3.25. The van der Waals surface area contributed by atoms with Crippen molar-refractivity contribution in [3.05, 3.63) is 34.9 Å². The Balaban J connectivity index is 0.000000527. The molecule has 1 aromatic carbocycles. The van der Waals surface area contributed by atoms with Crippen molar-refractivity contribution in [2.45, 2.75) is 45.1 Å². The molecule has 0 amide bonds. The summed E-state index contributed by atoms with van der Waals surface area (Å²) in [7, 11) is 2.21. The van der Waals surface area contributed by atoms with E-state index < -0.39 is 11.9 Å². The molecule has 1 aromatic rings. The Morgan fingerprint density at radius 2 is 1.67 bits per heavy atom. The summed E-state index contributed by atoms with van der Waals surface area (Å²) < 4.78 is 0. The Kier molecular flexibility index (Phi) is 10.4. The van der Waals surface area contributed by atoms with Crippen LogP contribution in [0.2, 0.25) is 5.02 Å². The number of carboxylic acids is 2. The second-order valence-corrected chi connectivity index (χ2v) is 7.77. The van der Waals surface area contributed by atoms with Gasteiger partial charge in [-0.15, -0.1) is 0 Å². The van der Waals surface area contributed by atoms with Crippen LogP contribution in [0.25, 0.3) is 0 Å². The van der Waals surface area contributed by atoms with Gasteiger partial charge in [-0.25, -0.2) is 9.59 Å². The summed E-state index contributed by atoms with van der Waals surface area (Å²) in [6, 6.07) is 9.09. The summed E-state index contributed by atoms with van der Waals surface area (Å²) in [5.41, 5.74) is 1.42. The van der Waals surface area contributed by atoms with Crippen molar-refractivity contribution in [3.63, 3.8) is 0 Å². The zero-order valence-corrected chi connectivity index (χ0v) is 17.1. The number of hydrogen-bond acceptors (Lipinski definition) is 4. The average Bonchev–Trinajstić information content (AvgIpc) is 2.61. The van der Waals surface area contributed by atoms with E-state index in [4.69, 9.17) is 31.4 Å². The van der Waals surface area contributed by atoms with Crippen molar-refractivity contribution in [3.8, 4) is 0 Å². The van der Waals surface area contributed by atoms with Crippen LogP contribution in [0.1, 0.15) is 44.6 Å². The van der Waals surface area contributed by atoms with Gasteiger partial charge in [-0.05, 0) is 75.5 Å². The van der Waals surface area contributed by atoms with E-state index in [1.807, 2.05) is 12.1 Å². The molecule has 27 heavy (non-hydrogen) atoms. The minimum Gasteiger partial charge on any atom is -0.473 e. The molecule has 3 N–H and O–H groups in total. The molecule has 1 aliphatic rings. The number of nitrogens with one attached hydrogen (secondary N) is 1. The fourth-order valence-corrected chi connectivity index (χ4v) is 3.38. The molecule has 1 heterocycles. The summed E-state index contributed by atoms with van der Waals surface area (Å²) in [5.74, 6) is -2.38. The number of carboxylic acid groups (broad SMARTS) is 2. The van der Waals surface area contributed by atoms with Crippen LogP contribution in [-0.2, 0) is 9.59 Å². The summed E-state index contributed by atoms with van der Waals surface area (Å²) >= 11 is 6.00. The number of hydrogen-bond donors (Lipinski definition) is 3. The molecule has 1 fully saturated rings. The SMILES string of the molecule is CC(C)C(CCNC1CCN(C)CC1)c1ccc(Cl)cc1.O=C(O)C(=O)O. The van der Waals surface area contributed by atoms with Crippen molar-refractivity contribution in [2.24, 2.45) is 5.92 Å². The van der Waals surface area contributed by atoms with Crippen LogP contribution in [0.15, 0.2) is 24.3 Å². The monoisotopic (exact) mass is 398 g/mol. The summed E-state index contributed by atoms with van der Waals surface area (Å²) in [4.78, 5) is 20.6. The molecular formula is C20H31ClN2O4. The molecule has 1 atom stereocenters. The van der Waals surface area contributed by atoms with Crippen molar-refractivity contribution in [1.29, 1.82) is 0 Å². The maximum absolute atomic E-state index is 9.10. The van der Waals surface area contributed by atoms with E-state index >= 15 is 0 Å². The number of carbonyl (C=O) groups is 2. The first-order chi connectivity index (χ1) is 12.7. The Morgan fingerprint density at radius 3 is 2.11 bits per heavy atom. The lowest BCUT2D eigenvalue weighted by Crippen LogP contribution is -2.41. The quantitative estimate of drug-likeness (QED) is 0.637. The predicted octanol–water partition coefficient (Wildman–Crippen LogP) is 3.31. The standard InChI is InChI=1S/C18H29ClN2.C2H2O4/c1-14(2)18(15-4-6-16(19)7-5-15)8-11-20-17-9-12-21(3)13-10-17;3-1(4)2(5)6/h4-7,14,17-18,20H,8-13H2,1-3H3;(H,3,4)(H,5,6). The molecule has 0 radical (unpaired) electrons. The van der Waals surface area contributed by atoms with Crippen LogP contribution < -0.4 is 5.32 Å². The number of piperidine rings is 1. The maximum atomic E-state index is 9.10. The molecule has 0 bridgehead atoms. The smallest absolute Gasteiger partial charge is 0.414 e. The van der Waals surface area contributed by atoms with Gasteiger partial charge < -0.3 is 20.4 Å². The Morgan fingerprint density at radius 1 is 1.15 bits per heavy atom. The lowest BCUT2D eigenvalue weighted by Gasteiger charge is -2.30. The fraction of sp³-hybridized carbons (Fsp3) is 0.600. The zero-order valence-electron chi connectivity index (χ0n) is 16.3. The summed E-state index contributed by atoms with van der Waals surface area (Å²) in [5, 5.41) is 19.4. The van der Waals surface area contributed by atoms with Gasteiger partial charge in [0.25, 0.3) is 0 Å². The van der Waals surface area contributed by atoms with Crippen molar-refractivity contribution >= 4 is 23.5 Å². The van der Waals surface area contributed by atoms with E-state index in [1.54, 1.807) is 0 Å². The number of aliphatic carboxylic acids is 2. The lowest BCUT2D eigenvalue weighted by molar-refractivity contribution is -0.159. The normalized spacial score (nSPS) is 16.5. The lowest BCUT2D eigenvalue weighted by atomic mass is 9.85. The molecule has 152 valence electrons. The van der Waals surface area contributed by atoms with Crippen LogP contribution in [0, 0.1) is 5.92 Å². The Bertz CT molecular complexity index is 572. The van der Waals surface area contributed by atoms with Gasteiger partial charge in [0.1, 0.15) is 0 Å². The molecule has 0 saturated carbocycles. The van der Waals surface area contributed by atoms with Crippen LogP contribution in [-0.4, -0.2) is 59.8 Å². The van der Waals surface area contributed by atoms with E-state index in [2.05, 4.69) is 43.2 Å². The topological polar surface area (TPSA) is 89.9 Å². The summed E-state index contributed by atoms with van der Waals surface area (Å²) in [6.07, 6.45) is 3.76. The third-order valence-corrected chi connectivity index (χ3v) is 5.14. The maximum Gasteiger partial charge on any atom is 0.414 e. The average molecular weight is 399 g/mol. The van der Waals surface area contributed by atoms with Crippen molar-refractivity contribution in [1.82, 2.24) is 10.2 Å². The van der Waals surface area contributed by atoms with E-state index in [1.165, 1.54) is 37.9 Å². The van der Waals surface area contributed by atoms with Gasteiger partial charge in [-0.2, -0.15) is 0 Å². The molecule has 0 spiro atoms. The molecule has 7 heteroatoms. The first-order valence-electron chi connectivity index (χ1n) is 9.34. The second kappa shape index (κ2) is 12.0. The van der Waals surface area contributed by atoms with Gasteiger partial charge in [0.05, 0.1) is 0 Å². The molecule has 0 aromatic heterocycles. The Labute approximate surface area is 166 Å². The van der Waals surface area contributed by atoms with E-state index in [9.17, 15) is 0 Å². The van der Waals surface area contributed by atoms with Gasteiger partial charge >= 0.3 is 11.9 Å². The highest BCUT2D eigenvalue weighted by Crippen LogP contribution is 2.28. The highest BCUT2D eigenvalue weighted by atomic mass is 35.5. The molecule has 6 nitrogen and oxygen atoms in total. The number of likely N-dealkylation sites (tertiary alicyclic amines) is 1. The molecule has 2 rings (SSSR count). The van der Waals surface area contributed by atoms with E-state index in [-0.39, 0.29) is 0 Å². The van der Waals surface area contributed by atoms with Crippen molar-refractivity contribution < 1.29 is 19.8 Å². The summed E-state index contributed by atoms with van der Waals surface area (Å²) in [6.45, 7) is 8.19. The van der Waals surface area contributed by atoms with Crippen molar-refractivity contribution in [2.75, 3.05) is 26.7 Å². The van der Waals surface area contributed by atoms with E-state index in [0.717, 1.165) is 11.6 Å². The molecule has 0 aliphatic carbocycles. The Hall–Kier alpha value is -1.63. The largest absolute Gasteiger partial charge is 0.473 e. The van der Waals surface area contributed by atoms with Crippen LogP contribution in [0.4, 0.5) is 0 Å². The molecule has 1 aliphatic heterocycles. The third-order valence-electron chi connectivity index (χ3n) is 4.89.